The van der Waals surface area contributed by atoms with Crippen molar-refractivity contribution in [3.8, 4) is 33.6 Å². The molecule has 0 atom stereocenters. The zero-order chi connectivity index (χ0) is 23.1. The largest absolute Gasteiger partial charge is 0.494 e. The smallest absolute Gasteiger partial charge is 0.399 e. The maximum absolute atomic E-state index is 6.21. The first-order valence-electron chi connectivity index (χ1n) is 11.4. The third-order valence-electron chi connectivity index (χ3n) is 6.73. The molecule has 5 rings (SSSR count). The number of hydrogen-bond donors (Lipinski definition) is 0. The van der Waals surface area contributed by atoms with E-state index in [4.69, 9.17) is 14.3 Å². The van der Waals surface area contributed by atoms with Gasteiger partial charge in [-0.1, -0.05) is 84.9 Å². The highest BCUT2D eigenvalue weighted by atomic mass is 16.7. The van der Waals surface area contributed by atoms with E-state index in [1.165, 1.54) is 5.56 Å². The van der Waals surface area contributed by atoms with E-state index in [1.807, 2.05) is 24.3 Å². The highest BCUT2D eigenvalue weighted by molar-refractivity contribution is 6.62. The van der Waals surface area contributed by atoms with E-state index in [0.717, 1.165) is 33.5 Å². The minimum Gasteiger partial charge on any atom is -0.399 e. The predicted molar refractivity (Wildman–Crippen MR) is 136 cm³/mol. The maximum Gasteiger partial charge on any atom is 0.494 e. The summed E-state index contributed by atoms with van der Waals surface area (Å²) >= 11 is 0. The van der Waals surface area contributed by atoms with Crippen LogP contribution in [0, 0.1) is 0 Å². The Morgan fingerprint density at radius 1 is 0.545 bits per heavy atom. The van der Waals surface area contributed by atoms with Gasteiger partial charge < -0.3 is 9.31 Å². The van der Waals surface area contributed by atoms with Crippen molar-refractivity contribution in [2.24, 2.45) is 0 Å². The van der Waals surface area contributed by atoms with Crippen molar-refractivity contribution in [2.45, 2.75) is 38.9 Å². The Morgan fingerprint density at radius 3 is 1.52 bits per heavy atom. The van der Waals surface area contributed by atoms with Crippen LogP contribution in [-0.4, -0.2) is 23.3 Å². The van der Waals surface area contributed by atoms with E-state index in [2.05, 4.69) is 100 Å². The number of pyridine rings is 1. The standard InChI is InChI=1S/C29H28BNO2/c1-28(2)29(3,4)33-30(32-28)25-17-15-23(16-18-25)27-20-24(21-11-7-5-8-12-21)19-26(31-27)22-13-9-6-10-14-22/h5-20H,1-4H3. The Kier molecular flexibility index (Phi) is 5.44. The summed E-state index contributed by atoms with van der Waals surface area (Å²) < 4.78 is 12.4. The molecular formula is C29H28BNO2. The lowest BCUT2D eigenvalue weighted by Gasteiger charge is -2.32. The summed E-state index contributed by atoms with van der Waals surface area (Å²) in [4.78, 5) is 5.01. The highest BCUT2D eigenvalue weighted by Crippen LogP contribution is 2.36. The molecule has 4 aromatic rings. The molecule has 4 heteroatoms. The topological polar surface area (TPSA) is 31.4 Å². The molecule has 0 amide bonds. The van der Waals surface area contributed by atoms with Gasteiger partial charge in [0, 0.05) is 11.1 Å². The summed E-state index contributed by atoms with van der Waals surface area (Å²) in [5.41, 5.74) is 6.69. The molecule has 1 aliphatic heterocycles. The van der Waals surface area contributed by atoms with Crippen molar-refractivity contribution in [2.75, 3.05) is 0 Å². The first-order chi connectivity index (χ1) is 15.8. The lowest BCUT2D eigenvalue weighted by molar-refractivity contribution is 0.00578. The van der Waals surface area contributed by atoms with Crippen LogP contribution in [0.4, 0.5) is 0 Å². The summed E-state index contributed by atoms with van der Waals surface area (Å²) in [6.45, 7) is 8.30. The average molecular weight is 433 g/mol. The quantitative estimate of drug-likeness (QED) is 0.350. The van der Waals surface area contributed by atoms with Gasteiger partial charge in [0.2, 0.25) is 0 Å². The fourth-order valence-corrected chi connectivity index (χ4v) is 4.02. The summed E-state index contributed by atoms with van der Waals surface area (Å²) in [6, 6.07) is 33.4. The van der Waals surface area contributed by atoms with Crippen LogP contribution < -0.4 is 5.46 Å². The van der Waals surface area contributed by atoms with Gasteiger partial charge in [0.25, 0.3) is 0 Å². The molecular weight excluding hydrogens is 405 g/mol. The van der Waals surface area contributed by atoms with Crippen molar-refractivity contribution in [3.63, 3.8) is 0 Å². The first kappa shape index (κ1) is 21.6. The van der Waals surface area contributed by atoms with Crippen molar-refractivity contribution < 1.29 is 9.31 Å². The van der Waals surface area contributed by atoms with Gasteiger partial charge in [-0.25, -0.2) is 4.98 Å². The normalized spacial score (nSPS) is 16.7. The molecule has 0 spiro atoms. The van der Waals surface area contributed by atoms with Crippen molar-refractivity contribution >= 4 is 12.6 Å². The number of aromatic nitrogens is 1. The van der Waals surface area contributed by atoms with Gasteiger partial charge in [-0.2, -0.15) is 0 Å². The zero-order valence-corrected chi connectivity index (χ0v) is 19.6. The third kappa shape index (κ3) is 4.24. The number of benzene rings is 3. The van der Waals surface area contributed by atoms with Gasteiger partial charge in [-0.05, 0) is 56.4 Å². The van der Waals surface area contributed by atoms with Gasteiger partial charge in [0.15, 0.2) is 0 Å². The lowest BCUT2D eigenvalue weighted by Crippen LogP contribution is -2.41. The van der Waals surface area contributed by atoms with Crippen LogP contribution in [0.25, 0.3) is 33.6 Å². The van der Waals surface area contributed by atoms with Crippen LogP contribution in [0.1, 0.15) is 27.7 Å². The van der Waals surface area contributed by atoms with Crippen molar-refractivity contribution in [1.82, 2.24) is 4.98 Å². The molecule has 1 aliphatic rings. The van der Waals surface area contributed by atoms with E-state index in [-0.39, 0.29) is 18.3 Å². The Morgan fingerprint density at radius 2 is 1.00 bits per heavy atom. The second-order valence-electron chi connectivity index (χ2n) is 9.57. The molecule has 1 fully saturated rings. The fourth-order valence-electron chi connectivity index (χ4n) is 4.02. The molecule has 0 aliphatic carbocycles. The SMILES string of the molecule is CC1(C)OB(c2ccc(-c3cc(-c4ccccc4)cc(-c4ccccc4)n3)cc2)OC1(C)C. The summed E-state index contributed by atoms with van der Waals surface area (Å²) in [5.74, 6) is 0. The Labute approximate surface area is 196 Å². The van der Waals surface area contributed by atoms with Crippen LogP contribution in [0.15, 0.2) is 97.1 Å². The summed E-state index contributed by atoms with van der Waals surface area (Å²) in [6.07, 6.45) is 0. The Balaban J connectivity index is 1.52. The summed E-state index contributed by atoms with van der Waals surface area (Å²) in [7, 11) is -0.368. The number of nitrogens with zero attached hydrogens (tertiary/aromatic N) is 1. The van der Waals surface area contributed by atoms with Crippen LogP contribution in [0.3, 0.4) is 0 Å². The molecule has 33 heavy (non-hydrogen) atoms. The number of rotatable bonds is 4. The molecule has 164 valence electrons. The molecule has 1 aromatic heterocycles. The predicted octanol–water partition coefficient (Wildman–Crippen LogP) is 6.38. The van der Waals surface area contributed by atoms with E-state index in [0.29, 0.717) is 0 Å². The maximum atomic E-state index is 6.21. The third-order valence-corrected chi connectivity index (χ3v) is 6.73. The van der Waals surface area contributed by atoms with Gasteiger partial charge >= 0.3 is 7.12 Å². The second kappa shape index (κ2) is 8.29. The van der Waals surface area contributed by atoms with Crippen LogP contribution in [0.5, 0.6) is 0 Å². The van der Waals surface area contributed by atoms with E-state index >= 15 is 0 Å². The molecule has 3 nitrogen and oxygen atoms in total. The van der Waals surface area contributed by atoms with E-state index in [9.17, 15) is 0 Å². The Bertz CT molecular complexity index is 1180. The minimum atomic E-state index is -0.368. The van der Waals surface area contributed by atoms with Crippen LogP contribution >= 0.6 is 0 Å². The minimum absolute atomic E-state index is 0.355. The molecule has 3 aromatic carbocycles. The average Bonchev–Trinajstić information content (AvgIpc) is 3.07. The molecule has 0 bridgehead atoms. The number of hydrogen-bond acceptors (Lipinski definition) is 3. The van der Waals surface area contributed by atoms with Gasteiger partial charge in [0.05, 0.1) is 22.6 Å². The van der Waals surface area contributed by atoms with Crippen molar-refractivity contribution in [3.05, 3.63) is 97.1 Å². The van der Waals surface area contributed by atoms with Crippen molar-refractivity contribution in [1.29, 1.82) is 0 Å². The molecule has 0 saturated carbocycles. The zero-order valence-electron chi connectivity index (χ0n) is 19.6. The molecule has 0 unspecified atom stereocenters. The monoisotopic (exact) mass is 433 g/mol. The molecule has 1 saturated heterocycles. The summed E-state index contributed by atoms with van der Waals surface area (Å²) in [5, 5.41) is 0. The molecule has 0 N–H and O–H groups in total. The van der Waals surface area contributed by atoms with Gasteiger partial charge in [-0.3, -0.25) is 0 Å². The highest BCUT2D eigenvalue weighted by Gasteiger charge is 2.51. The fraction of sp³-hybridized carbons (Fsp3) is 0.207. The lowest BCUT2D eigenvalue weighted by atomic mass is 9.78. The molecule has 2 heterocycles. The van der Waals surface area contributed by atoms with Gasteiger partial charge in [-0.15, -0.1) is 0 Å². The van der Waals surface area contributed by atoms with E-state index < -0.39 is 0 Å². The van der Waals surface area contributed by atoms with E-state index in [1.54, 1.807) is 0 Å². The first-order valence-corrected chi connectivity index (χ1v) is 11.4. The van der Waals surface area contributed by atoms with Crippen LogP contribution in [0.2, 0.25) is 0 Å². The second-order valence-corrected chi connectivity index (χ2v) is 9.57. The molecule has 0 radical (unpaired) electrons. The van der Waals surface area contributed by atoms with Crippen LogP contribution in [-0.2, 0) is 9.31 Å². The Hall–Kier alpha value is -3.21. The van der Waals surface area contributed by atoms with Gasteiger partial charge in [0.1, 0.15) is 0 Å².